The fourth-order valence-corrected chi connectivity index (χ4v) is 8.64. The Morgan fingerprint density at radius 1 is 0.915 bits per heavy atom. The van der Waals surface area contributed by atoms with Crippen LogP contribution in [0.1, 0.15) is 54.2 Å². The monoisotopic (exact) mass is 793 g/mol. The van der Waals surface area contributed by atoms with E-state index in [2.05, 4.69) is 44.5 Å². The third-order valence-electron chi connectivity index (χ3n) is 12.1. The quantitative estimate of drug-likeness (QED) is 0.171. The van der Waals surface area contributed by atoms with Crippen LogP contribution in [-0.4, -0.2) is 97.7 Å². The highest BCUT2D eigenvalue weighted by atomic mass is 16.6. The summed E-state index contributed by atoms with van der Waals surface area (Å²) in [5, 5.41) is 13.5. The van der Waals surface area contributed by atoms with Gasteiger partial charge in [0.1, 0.15) is 17.1 Å². The number of nitrogens with one attached hydrogen (secondary N) is 2. The molecule has 3 amide bonds. The Hall–Kier alpha value is -6.44. The standard InChI is InChI=1S/C46H47N7O6/c1-29-38(44(55)49-25-30-7-9-36(54)10-8-30)24-41(50(29)2)39-22-32-13-16-52(46(57)59-42-12-15-48-43-37(42)11-14-47-43)26-34(32)23-40(39)45(56)53-27-33-6-4-3-5-31(33)21-35(53)28-51-17-19-58-20-18-51/h3-12,14-15,22-24,35,54H,13,16-21,25-28H2,1-2H3,(H,47,48)(H,49,55)/t35-/m0/s1. The van der Waals surface area contributed by atoms with E-state index in [-0.39, 0.29) is 30.2 Å². The van der Waals surface area contributed by atoms with Crippen molar-refractivity contribution in [1.82, 2.24) is 34.6 Å². The van der Waals surface area contributed by atoms with Crippen molar-refractivity contribution >= 4 is 28.9 Å². The molecule has 302 valence electrons. The molecule has 6 heterocycles. The SMILES string of the molecule is Cc1c(C(=O)NCc2ccc(O)cc2)cc(-c2cc3c(cc2C(=O)N2Cc4ccccc4C[C@H]2CN2CCOCC2)CN(C(=O)Oc2ccnc4[nH]ccc24)CC3)n1C. The van der Waals surface area contributed by atoms with Gasteiger partial charge in [0.05, 0.1) is 24.2 Å². The van der Waals surface area contributed by atoms with Gasteiger partial charge in [-0.25, -0.2) is 9.78 Å². The molecular weight excluding hydrogens is 747 g/mol. The highest BCUT2D eigenvalue weighted by Gasteiger charge is 2.35. The molecule has 0 unspecified atom stereocenters. The summed E-state index contributed by atoms with van der Waals surface area (Å²) < 4.78 is 13.6. The highest BCUT2D eigenvalue weighted by molar-refractivity contribution is 6.03. The zero-order chi connectivity index (χ0) is 40.6. The Kier molecular flexibility index (Phi) is 10.4. The zero-order valence-corrected chi connectivity index (χ0v) is 33.2. The molecule has 13 heteroatoms. The summed E-state index contributed by atoms with van der Waals surface area (Å²) in [6, 6.07) is 24.4. The summed E-state index contributed by atoms with van der Waals surface area (Å²) in [7, 11) is 1.92. The number of rotatable bonds is 8. The first-order valence-electron chi connectivity index (χ1n) is 20.2. The fourth-order valence-electron chi connectivity index (χ4n) is 8.64. The van der Waals surface area contributed by atoms with Crippen LogP contribution < -0.4 is 10.1 Å². The first kappa shape index (κ1) is 38.1. The predicted octanol–water partition coefficient (Wildman–Crippen LogP) is 5.97. The number of phenols is 1. The van der Waals surface area contributed by atoms with Gasteiger partial charge in [-0.15, -0.1) is 0 Å². The summed E-state index contributed by atoms with van der Waals surface area (Å²) in [5.41, 5.74) is 9.06. The Morgan fingerprint density at radius 2 is 1.71 bits per heavy atom. The number of hydrogen-bond acceptors (Lipinski definition) is 8. The lowest BCUT2D eigenvalue weighted by Gasteiger charge is -2.41. The molecular formula is C46H47N7O6. The van der Waals surface area contributed by atoms with Crippen LogP contribution in [0.15, 0.2) is 91.3 Å². The van der Waals surface area contributed by atoms with Crippen LogP contribution in [0, 0.1) is 6.92 Å². The number of hydrogen-bond donors (Lipinski definition) is 3. The molecule has 13 nitrogen and oxygen atoms in total. The lowest BCUT2D eigenvalue weighted by Crippen LogP contribution is -2.52. The zero-order valence-electron chi connectivity index (χ0n) is 33.2. The third-order valence-corrected chi connectivity index (χ3v) is 12.1. The number of phenolic OH excluding ortho intramolecular Hbond substituents is 1. The molecule has 0 spiro atoms. The predicted molar refractivity (Wildman–Crippen MR) is 222 cm³/mol. The Balaban J connectivity index is 1.07. The Labute approximate surface area is 342 Å². The molecule has 3 aliphatic heterocycles. The molecule has 3 aliphatic rings. The van der Waals surface area contributed by atoms with Crippen molar-refractivity contribution in [3.05, 3.63) is 136 Å². The highest BCUT2D eigenvalue weighted by Crippen LogP contribution is 2.36. The number of amides is 3. The summed E-state index contributed by atoms with van der Waals surface area (Å²) in [5.74, 6) is 0.258. The summed E-state index contributed by atoms with van der Waals surface area (Å²) in [4.78, 5) is 56.2. The summed E-state index contributed by atoms with van der Waals surface area (Å²) in [6.07, 6.45) is 4.18. The Morgan fingerprint density at radius 3 is 2.53 bits per heavy atom. The number of aromatic hydroxyl groups is 1. The van der Waals surface area contributed by atoms with Gasteiger partial charge in [0.25, 0.3) is 11.8 Å². The van der Waals surface area contributed by atoms with E-state index in [4.69, 9.17) is 9.47 Å². The van der Waals surface area contributed by atoms with E-state index in [1.165, 1.54) is 5.56 Å². The van der Waals surface area contributed by atoms with Gasteiger partial charge in [-0.05, 0) is 84.0 Å². The van der Waals surface area contributed by atoms with Crippen molar-refractivity contribution in [2.45, 2.75) is 45.4 Å². The third kappa shape index (κ3) is 7.66. The lowest BCUT2D eigenvalue weighted by molar-refractivity contribution is 0.0193. The average Bonchev–Trinajstić information content (AvgIpc) is 3.87. The number of aromatic amines is 1. The molecule has 0 bridgehead atoms. The van der Waals surface area contributed by atoms with E-state index >= 15 is 4.79 Å². The molecule has 1 atom stereocenters. The maximum absolute atomic E-state index is 15.4. The van der Waals surface area contributed by atoms with Gasteiger partial charge in [0.15, 0.2) is 0 Å². The number of fused-ring (bicyclic) bond motifs is 3. The van der Waals surface area contributed by atoms with Crippen LogP contribution >= 0.6 is 0 Å². The van der Waals surface area contributed by atoms with E-state index in [1.54, 1.807) is 47.6 Å². The number of pyridine rings is 1. The minimum atomic E-state index is -0.472. The van der Waals surface area contributed by atoms with Gasteiger partial charge in [0, 0.05) is 99.9 Å². The average molecular weight is 794 g/mol. The van der Waals surface area contributed by atoms with E-state index < -0.39 is 6.09 Å². The largest absolute Gasteiger partial charge is 0.508 e. The fraction of sp³-hybridized carbons (Fsp3) is 0.304. The minimum absolute atomic E-state index is 0.0760. The number of carbonyl (C=O) groups excluding carboxylic acids is 3. The first-order chi connectivity index (χ1) is 28.7. The molecule has 0 radical (unpaired) electrons. The van der Waals surface area contributed by atoms with Crippen LogP contribution in [0.2, 0.25) is 0 Å². The van der Waals surface area contributed by atoms with E-state index in [1.807, 2.05) is 47.7 Å². The molecule has 3 aromatic carbocycles. The number of benzene rings is 3. The molecule has 3 aromatic heterocycles. The number of morpholine rings is 1. The molecule has 1 saturated heterocycles. The second-order valence-corrected chi connectivity index (χ2v) is 15.7. The van der Waals surface area contributed by atoms with Crippen LogP contribution in [0.25, 0.3) is 22.3 Å². The van der Waals surface area contributed by atoms with Crippen LogP contribution in [0.3, 0.4) is 0 Å². The smallest absolute Gasteiger partial charge is 0.415 e. The molecule has 6 aromatic rings. The van der Waals surface area contributed by atoms with Crippen molar-refractivity contribution < 1.29 is 29.0 Å². The molecule has 3 N–H and O–H groups in total. The number of H-pyrrole nitrogens is 1. The lowest BCUT2D eigenvalue weighted by atomic mass is 9.89. The number of carbonyl (C=O) groups is 3. The van der Waals surface area contributed by atoms with Crippen LogP contribution in [0.4, 0.5) is 4.79 Å². The van der Waals surface area contributed by atoms with E-state index in [9.17, 15) is 14.7 Å². The summed E-state index contributed by atoms with van der Waals surface area (Å²) in [6.45, 7) is 7.05. The van der Waals surface area contributed by atoms with Gasteiger partial charge in [0.2, 0.25) is 0 Å². The topological polar surface area (TPSA) is 145 Å². The maximum Gasteiger partial charge on any atom is 0.415 e. The first-order valence-corrected chi connectivity index (χ1v) is 20.2. The second kappa shape index (κ2) is 16.1. The van der Waals surface area contributed by atoms with Crippen LogP contribution in [0.5, 0.6) is 11.5 Å². The second-order valence-electron chi connectivity index (χ2n) is 15.7. The molecule has 9 rings (SSSR count). The maximum atomic E-state index is 15.4. The van der Waals surface area contributed by atoms with Crippen LogP contribution in [-0.2, 0) is 44.3 Å². The molecule has 0 aliphatic carbocycles. The minimum Gasteiger partial charge on any atom is -0.508 e. The number of aromatic nitrogens is 3. The van der Waals surface area contributed by atoms with E-state index in [0.717, 1.165) is 70.6 Å². The normalized spacial score (nSPS) is 16.7. The molecule has 59 heavy (non-hydrogen) atoms. The van der Waals surface area contributed by atoms with Gasteiger partial charge in [-0.3, -0.25) is 14.5 Å². The van der Waals surface area contributed by atoms with E-state index in [0.29, 0.717) is 61.8 Å². The van der Waals surface area contributed by atoms with Crippen molar-refractivity contribution in [3.8, 4) is 22.8 Å². The molecule has 1 fully saturated rings. The van der Waals surface area contributed by atoms with Crippen molar-refractivity contribution in [1.29, 1.82) is 0 Å². The Bertz CT molecular complexity index is 2550. The van der Waals surface area contributed by atoms with Gasteiger partial charge in [-0.1, -0.05) is 36.4 Å². The molecule has 0 saturated carbocycles. The summed E-state index contributed by atoms with van der Waals surface area (Å²) >= 11 is 0. The van der Waals surface area contributed by atoms with Gasteiger partial charge < -0.3 is 39.2 Å². The van der Waals surface area contributed by atoms with Gasteiger partial charge >= 0.3 is 6.09 Å². The van der Waals surface area contributed by atoms with Crippen molar-refractivity contribution in [3.63, 3.8) is 0 Å². The number of nitrogens with zero attached hydrogens (tertiary/aromatic N) is 5. The van der Waals surface area contributed by atoms with Gasteiger partial charge in [-0.2, -0.15) is 0 Å². The van der Waals surface area contributed by atoms with Crippen molar-refractivity contribution in [2.24, 2.45) is 7.05 Å². The van der Waals surface area contributed by atoms with Crippen molar-refractivity contribution in [2.75, 3.05) is 39.4 Å². The number of ether oxygens (including phenoxy) is 2.